The Balaban J connectivity index is 2.19. The fraction of sp³-hybridized carbons (Fsp3) is 0.562. The van der Waals surface area contributed by atoms with Crippen LogP contribution in [0.5, 0.6) is 0 Å². The second-order valence-electron chi connectivity index (χ2n) is 6.39. The molecule has 0 atom stereocenters. The zero-order valence-corrected chi connectivity index (χ0v) is 15.0. The minimum absolute atomic E-state index is 0.177. The number of esters is 1. The summed E-state index contributed by atoms with van der Waals surface area (Å²) in [5.41, 5.74) is -0.296. The van der Waals surface area contributed by atoms with E-state index in [2.05, 4.69) is 0 Å². The van der Waals surface area contributed by atoms with E-state index in [0.29, 0.717) is 17.0 Å². The Morgan fingerprint density at radius 2 is 1.91 bits per heavy atom. The fourth-order valence-electron chi connectivity index (χ4n) is 2.11. The number of aliphatic hydroxyl groups excluding tert-OH is 1. The fourth-order valence-corrected chi connectivity index (χ4v) is 2.99. The number of carbonyl (C=O) groups excluding carboxylic acids is 1. The molecule has 0 saturated carbocycles. The zero-order valence-electron chi connectivity index (χ0n) is 14.2. The summed E-state index contributed by atoms with van der Waals surface area (Å²) >= 11 is 1.31. The van der Waals surface area contributed by atoms with Crippen molar-refractivity contribution >= 4 is 30.5 Å². The van der Waals surface area contributed by atoms with Crippen molar-refractivity contribution in [3.63, 3.8) is 0 Å². The van der Waals surface area contributed by atoms with Crippen LogP contribution in [-0.4, -0.2) is 42.6 Å². The van der Waals surface area contributed by atoms with E-state index in [9.17, 15) is 9.90 Å². The van der Waals surface area contributed by atoms with E-state index < -0.39 is 18.3 Å². The standard InChI is InChI=1S/C16H23BO5S/c1-6-20-14(19)13-8-7-12(23-13)9-11(10-18)17-21-15(2,3)16(4,5)22-17/h7-9,18H,6,10H2,1-5H3. The van der Waals surface area contributed by atoms with Gasteiger partial charge < -0.3 is 19.2 Å². The number of aliphatic hydroxyl groups is 1. The first-order valence-corrected chi connectivity index (χ1v) is 8.45. The van der Waals surface area contributed by atoms with Crippen molar-refractivity contribution in [2.45, 2.75) is 45.8 Å². The Morgan fingerprint density at radius 3 is 2.43 bits per heavy atom. The number of rotatable bonds is 5. The highest BCUT2D eigenvalue weighted by Crippen LogP contribution is 2.39. The van der Waals surface area contributed by atoms with Crippen molar-refractivity contribution in [3.05, 3.63) is 27.4 Å². The molecule has 126 valence electrons. The summed E-state index contributed by atoms with van der Waals surface area (Å²) in [6.45, 7) is 9.80. The summed E-state index contributed by atoms with van der Waals surface area (Å²) < 4.78 is 16.9. The molecule has 1 saturated heterocycles. The van der Waals surface area contributed by atoms with Crippen molar-refractivity contribution in [2.24, 2.45) is 0 Å². The lowest BCUT2D eigenvalue weighted by molar-refractivity contribution is 0.00578. The Bertz CT molecular complexity index is 589. The average molecular weight is 338 g/mol. The molecule has 0 spiro atoms. The molecule has 2 rings (SSSR count). The molecule has 1 aromatic heterocycles. The minimum Gasteiger partial charge on any atom is -0.462 e. The Kier molecular flexibility index (Phi) is 5.35. The van der Waals surface area contributed by atoms with Crippen molar-refractivity contribution in [3.8, 4) is 0 Å². The first-order valence-electron chi connectivity index (χ1n) is 7.64. The van der Waals surface area contributed by atoms with Crippen LogP contribution in [0.3, 0.4) is 0 Å². The van der Waals surface area contributed by atoms with E-state index in [-0.39, 0.29) is 12.6 Å². The average Bonchev–Trinajstić information content (AvgIpc) is 2.99. The quantitative estimate of drug-likeness (QED) is 0.661. The van der Waals surface area contributed by atoms with Gasteiger partial charge in [-0.25, -0.2) is 4.79 Å². The molecular weight excluding hydrogens is 315 g/mol. The third kappa shape index (κ3) is 3.85. The maximum Gasteiger partial charge on any atom is 0.492 e. The monoisotopic (exact) mass is 338 g/mol. The molecule has 5 nitrogen and oxygen atoms in total. The molecule has 0 aliphatic carbocycles. The molecule has 1 aromatic rings. The van der Waals surface area contributed by atoms with Crippen molar-refractivity contribution in [2.75, 3.05) is 13.2 Å². The van der Waals surface area contributed by atoms with Crippen LogP contribution in [-0.2, 0) is 14.0 Å². The highest BCUT2D eigenvalue weighted by atomic mass is 32.1. The Labute approximate surface area is 141 Å². The zero-order chi connectivity index (χ0) is 17.3. The van der Waals surface area contributed by atoms with Gasteiger partial charge in [-0.15, -0.1) is 11.3 Å². The largest absolute Gasteiger partial charge is 0.492 e. The van der Waals surface area contributed by atoms with Gasteiger partial charge in [-0.05, 0) is 58.3 Å². The molecule has 0 unspecified atom stereocenters. The lowest BCUT2D eigenvalue weighted by Crippen LogP contribution is -2.41. The van der Waals surface area contributed by atoms with Crippen molar-refractivity contribution < 1.29 is 23.9 Å². The third-order valence-corrected chi connectivity index (χ3v) is 5.18. The molecule has 1 fully saturated rings. The molecule has 0 aromatic carbocycles. The lowest BCUT2D eigenvalue weighted by atomic mass is 9.78. The van der Waals surface area contributed by atoms with Gasteiger partial charge in [0.05, 0.1) is 24.4 Å². The first-order chi connectivity index (χ1) is 10.7. The van der Waals surface area contributed by atoms with Crippen LogP contribution < -0.4 is 0 Å². The number of thiophene rings is 1. The lowest BCUT2D eigenvalue weighted by Gasteiger charge is -2.32. The second kappa shape index (κ2) is 6.77. The van der Waals surface area contributed by atoms with Crippen molar-refractivity contribution in [1.29, 1.82) is 0 Å². The maximum absolute atomic E-state index is 11.7. The van der Waals surface area contributed by atoms with E-state index >= 15 is 0 Å². The number of hydrogen-bond donors (Lipinski definition) is 1. The number of hydrogen-bond acceptors (Lipinski definition) is 6. The summed E-state index contributed by atoms with van der Waals surface area (Å²) in [6.07, 6.45) is 1.80. The molecule has 1 N–H and O–H groups in total. The number of ether oxygens (including phenoxy) is 1. The van der Waals surface area contributed by atoms with Gasteiger partial charge in [-0.1, -0.05) is 0 Å². The second-order valence-corrected chi connectivity index (χ2v) is 7.50. The normalized spacial score (nSPS) is 19.9. The van der Waals surface area contributed by atoms with Gasteiger partial charge in [0, 0.05) is 4.88 Å². The smallest absolute Gasteiger partial charge is 0.462 e. The van der Waals surface area contributed by atoms with Gasteiger partial charge in [0.15, 0.2) is 0 Å². The van der Waals surface area contributed by atoms with Gasteiger partial charge in [0.1, 0.15) is 4.88 Å². The third-order valence-electron chi connectivity index (χ3n) is 4.17. The summed E-state index contributed by atoms with van der Waals surface area (Å²) in [4.78, 5) is 13.1. The molecule has 2 heterocycles. The molecule has 0 radical (unpaired) electrons. The van der Waals surface area contributed by atoms with Gasteiger partial charge in [-0.3, -0.25) is 0 Å². The van der Waals surface area contributed by atoms with Crippen LogP contribution >= 0.6 is 11.3 Å². The highest BCUT2D eigenvalue weighted by Gasteiger charge is 2.52. The van der Waals surface area contributed by atoms with Crippen LogP contribution in [0.4, 0.5) is 0 Å². The predicted molar refractivity (Wildman–Crippen MR) is 91.4 cm³/mol. The first kappa shape index (κ1) is 18.2. The van der Waals surface area contributed by atoms with Crippen LogP contribution in [0.15, 0.2) is 17.6 Å². The van der Waals surface area contributed by atoms with Crippen LogP contribution in [0.25, 0.3) is 6.08 Å². The number of carbonyl (C=O) groups is 1. The van der Waals surface area contributed by atoms with Gasteiger partial charge in [0.25, 0.3) is 0 Å². The van der Waals surface area contributed by atoms with Crippen LogP contribution in [0.2, 0.25) is 0 Å². The predicted octanol–water partition coefficient (Wildman–Crippen LogP) is 2.93. The minimum atomic E-state index is -0.599. The van der Waals surface area contributed by atoms with E-state index in [4.69, 9.17) is 14.0 Å². The van der Waals surface area contributed by atoms with Crippen LogP contribution in [0, 0.1) is 0 Å². The molecule has 0 bridgehead atoms. The summed E-state index contributed by atoms with van der Waals surface area (Å²) in [7, 11) is -0.599. The molecule has 7 heteroatoms. The van der Waals surface area contributed by atoms with E-state index in [1.165, 1.54) is 11.3 Å². The van der Waals surface area contributed by atoms with Gasteiger partial charge in [0.2, 0.25) is 0 Å². The van der Waals surface area contributed by atoms with E-state index in [1.807, 2.05) is 33.8 Å². The molecule has 0 amide bonds. The van der Waals surface area contributed by atoms with E-state index in [0.717, 1.165) is 4.88 Å². The molecule has 23 heavy (non-hydrogen) atoms. The summed E-state index contributed by atoms with van der Waals surface area (Å²) in [5, 5.41) is 9.67. The van der Waals surface area contributed by atoms with E-state index in [1.54, 1.807) is 19.1 Å². The molecule has 1 aliphatic heterocycles. The summed E-state index contributed by atoms with van der Waals surface area (Å²) in [5.74, 6) is -0.335. The van der Waals surface area contributed by atoms with Gasteiger partial charge in [-0.2, -0.15) is 0 Å². The van der Waals surface area contributed by atoms with Gasteiger partial charge >= 0.3 is 13.1 Å². The SMILES string of the molecule is CCOC(=O)c1ccc(C=C(CO)B2OC(C)(C)C(C)(C)O2)s1. The Hall–Kier alpha value is -1.15. The maximum atomic E-state index is 11.7. The highest BCUT2D eigenvalue weighted by molar-refractivity contribution is 7.14. The molecule has 1 aliphatic rings. The molecular formula is C16H23BO5S. The summed E-state index contributed by atoms with van der Waals surface area (Å²) in [6, 6.07) is 3.53. The topological polar surface area (TPSA) is 65.0 Å². The Morgan fingerprint density at radius 1 is 1.30 bits per heavy atom. The van der Waals surface area contributed by atoms with Crippen molar-refractivity contribution in [1.82, 2.24) is 0 Å². The van der Waals surface area contributed by atoms with Crippen LogP contribution in [0.1, 0.15) is 49.2 Å².